The Kier molecular flexibility index (Phi) is 5.42. The predicted octanol–water partition coefficient (Wildman–Crippen LogP) is 5.74. The van der Waals surface area contributed by atoms with Crippen molar-refractivity contribution >= 4 is 33.7 Å². The SMILES string of the molecule is O=C(Nc1cncc(-c2ccc3[nH]nc(-c4nc5c(-c6ccoc6)cncc5[nH]4)c3n2)c1)C1CCCCC1. The summed E-state index contributed by atoms with van der Waals surface area (Å²) in [6, 6.07) is 7.63. The first-order chi connectivity index (χ1) is 18.7. The summed E-state index contributed by atoms with van der Waals surface area (Å²) in [6.07, 6.45) is 15.5. The normalized spacial score (nSPS) is 14.3. The highest BCUT2D eigenvalue weighted by Crippen LogP contribution is 2.32. The van der Waals surface area contributed by atoms with Crippen LogP contribution in [0.1, 0.15) is 32.1 Å². The lowest BCUT2D eigenvalue weighted by Gasteiger charge is -2.20. The number of nitrogens with zero attached hydrogens (tertiary/aromatic N) is 5. The van der Waals surface area contributed by atoms with E-state index in [4.69, 9.17) is 14.4 Å². The van der Waals surface area contributed by atoms with Crippen LogP contribution in [0.4, 0.5) is 5.69 Å². The van der Waals surface area contributed by atoms with Gasteiger partial charge in [0.25, 0.3) is 0 Å². The molecule has 0 aromatic carbocycles. The molecule has 1 aliphatic rings. The molecule has 1 aliphatic carbocycles. The Balaban J connectivity index is 1.23. The minimum Gasteiger partial charge on any atom is -0.472 e. The van der Waals surface area contributed by atoms with Crippen LogP contribution >= 0.6 is 0 Å². The fraction of sp³-hybridized carbons (Fsp3) is 0.214. The first-order valence-electron chi connectivity index (χ1n) is 12.7. The molecule has 1 fully saturated rings. The predicted molar refractivity (Wildman–Crippen MR) is 143 cm³/mol. The number of anilines is 1. The smallest absolute Gasteiger partial charge is 0.227 e. The lowest BCUT2D eigenvalue weighted by atomic mass is 9.88. The zero-order valence-electron chi connectivity index (χ0n) is 20.4. The third-order valence-electron chi connectivity index (χ3n) is 7.14. The maximum absolute atomic E-state index is 12.7. The number of furan rings is 1. The molecule has 0 aliphatic heterocycles. The molecule has 188 valence electrons. The standard InChI is InChI=1S/C28H24N8O2/c37-28(16-4-2-1-3-5-16)31-19-10-18(11-29-12-19)21-6-7-22-25(32-21)26(36-35-22)27-33-23-14-30-13-20(24(23)34-27)17-8-9-38-15-17/h6-16H,1-5H2,(H,31,37)(H,33,34)(H,35,36). The first kappa shape index (κ1) is 22.3. The van der Waals surface area contributed by atoms with Crippen molar-refractivity contribution in [1.82, 2.24) is 35.1 Å². The number of aromatic nitrogens is 7. The van der Waals surface area contributed by atoms with Crippen LogP contribution in [0.15, 0.2) is 66.0 Å². The van der Waals surface area contributed by atoms with Crippen molar-refractivity contribution in [3.8, 4) is 33.9 Å². The lowest BCUT2D eigenvalue weighted by molar-refractivity contribution is -0.120. The highest BCUT2D eigenvalue weighted by Gasteiger charge is 2.22. The third kappa shape index (κ3) is 4.00. The Labute approximate surface area is 217 Å². The molecular weight excluding hydrogens is 480 g/mol. The number of pyridine rings is 3. The van der Waals surface area contributed by atoms with E-state index in [1.54, 1.807) is 37.3 Å². The molecule has 10 nitrogen and oxygen atoms in total. The summed E-state index contributed by atoms with van der Waals surface area (Å²) < 4.78 is 5.25. The third-order valence-corrected chi connectivity index (χ3v) is 7.14. The zero-order valence-corrected chi connectivity index (χ0v) is 20.4. The molecule has 0 unspecified atom stereocenters. The fourth-order valence-electron chi connectivity index (χ4n) is 5.16. The number of hydrogen-bond donors (Lipinski definition) is 3. The monoisotopic (exact) mass is 504 g/mol. The maximum Gasteiger partial charge on any atom is 0.227 e. The number of carbonyl (C=O) groups excluding carboxylic acids is 1. The molecule has 0 spiro atoms. The van der Waals surface area contributed by atoms with Gasteiger partial charge in [-0.15, -0.1) is 0 Å². The Bertz CT molecular complexity index is 1760. The molecule has 7 rings (SSSR count). The maximum atomic E-state index is 12.7. The molecule has 0 saturated heterocycles. The van der Waals surface area contributed by atoms with Gasteiger partial charge in [-0.25, -0.2) is 9.97 Å². The fourth-order valence-corrected chi connectivity index (χ4v) is 5.16. The van der Waals surface area contributed by atoms with E-state index in [1.165, 1.54) is 6.42 Å². The van der Waals surface area contributed by atoms with Gasteiger partial charge in [0.15, 0.2) is 11.5 Å². The van der Waals surface area contributed by atoms with Gasteiger partial charge in [-0.1, -0.05) is 19.3 Å². The van der Waals surface area contributed by atoms with Gasteiger partial charge in [0.2, 0.25) is 5.91 Å². The number of imidazole rings is 1. The van der Waals surface area contributed by atoms with Crippen molar-refractivity contribution in [2.45, 2.75) is 32.1 Å². The largest absolute Gasteiger partial charge is 0.472 e. The summed E-state index contributed by atoms with van der Waals surface area (Å²) in [5.41, 5.74) is 7.58. The summed E-state index contributed by atoms with van der Waals surface area (Å²) >= 11 is 0. The van der Waals surface area contributed by atoms with Crippen molar-refractivity contribution in [2.75, 3.05) is 5.32 Å². The van der Waals surface area contributed by atoms with Crippen LogP contribution < -0.4 is 5.32 Å². The van der Waals surface area contributed by atoms with E-state index in [-0.39, 0.29) is 11.8 Å². The van der Waals surface area contributed by atoms with E-state index >= 15 is 0 Å². The quantitative estimate of drug-likeness (QED) is 0.272. The molecule has 0 bridgehead atoms. The number of fused-ring (bicyclic) bond motifs is 2. The van der Waals surface area contributed by atoms with Crippen LogP contribution in [0.3, 0.4) is 0 Å². The van der Waals surface area contributed by atoms with Gasteiger partial charge >= 0.3 is 0 Å². The number of amides is 1. The van der Waals surface area contributed by atoms with Gasteiger partial charge in [0.05, 0.1) is 47.3 Å². The zero-order chi connectivity index (χ0) is 25.5. The molecular formula is C28H24N8O2. The lowest BCUT2D eigenvalue weighted by Crippen LogP contribution is -2.24. The Morgan fingerprint density at radius 1 is 0.921 bits per heavy atom. The number of hydrogen-bond acceptors (Lipinski definition) is 7. The summed E-state index contributed by atoms with van der Waals surface area (Å²) in [5.74, 6) is 0.724. The Morgan fingerprint density at radius 2 is 1.82 bits per heavy atom. The van der Waals surface area contributed by atoms with Crippen molar-refractivity contribution in [1.29, 1.82) is 0 Å². The molecule has 0 atom stereocenters. The van der Waals surface area contributed by atoms with Crippen molar-refractivity contribution in [3.63, 3.8) is 0 Å². The molecule has 6 heterocycles. The number of carbonyl (C=O) groups is 1. The van der Waals surface area contributed by atoms with Crippen molar-refractivity contribution < 1.29 is 9.21 Å². The summed E-state index contributed by atoms with van der Waals surface area (Å²) in [5, 5.41) is 10.6. The highest BCUT2D eigenvalue weighted by molar-refractivity contribution is 5.96. The molecule has 6 aromatic rings. The summed E-state index contributed by atoms with van der Waals surface area (Å²) in [7, 11) is 0. The van der Waals surface area contributed by atoms with Crippen LogP contribution in [0.5, 0.6) is 0 Å². The number of rotatable bonds is 5. The van der Waals surface area contributed by atoms with E-state index in [1.807, 2.05) is 24.3 Å². The van der Waals surface area contributed by atoms with Gasteiger partial charge in [0, 0.05) is 35.0 Å². The second kappa shape index (κ2) is 9.22. The molecule has 1 saturated carbocycles. The Hall–Kier alpha value is -4.86. The minimum absolute atomic E-state index is 0.0679. The molecule has 6 aromatic heterocycles. The first-order valence-corrected chi connectivity index (χ1v) is 12.7. The topological polar surface area (TPSA) is 138 Å². The van der Waals surface area contributed by atoms with Gasteiger partial charge in [0.1, 0.15) is 11.0 Å². The van der Waals surface area contributed by atoms with Crippen molar-refractivity contribution in [2.24, 2.45) is 5.92 Å². The number of aromatic amines is 2. The Morgan fingerprint density at radius 3 is 2.68 bits per heavy atom. The molecule has 10 heteroatoms. The molecule has 0 radical (unpaired) electrons. The van der Waals surface area contributed by atoms with Crippen LogP contribution in [-0.2, 0) is 4.79 Å². The van der Waals surface area contributed by atoms with E-state index in [2.05, 4.69) is 30.5 Å². The van der Waals surface area contributed by atoms with E-state index in [9.17, 15) is 4.79 Å². The van der Waals surface area contributed by atoms with E-state index in [0.29, 0.717) is 22.7 Å². The molecule has 3 N–H and O–H groups in total. The van der Waals surface area contributed by atoms with Crippen LogP contribution in [0.25, 0.3) is 56.0 Å². The van der Waals surface area contributed by atoms with Gasteiger partial charge in [-0.3, -0.25) is 19.9 Å². The van der Waals surface area contributed by atoms with Crippen LogP contribution in [0.2, 0.25) is 0 Å². The van der Waals surface area contributed by atoms with Crippen LogP contribution in [-0.4, -0.2) is 41.0 Å². The second-order valence-electron chi connectivity index (χ2n) is 9.63. The van der Waals surface area contributed by atoms with Crippen molar-refractivity contribution in [3.05, 3.63) is 61.6 Å². The average molecular weight is 505 g/mol. The van der Waals surface area contributed by atoms with E-state index < -0.39 is 0 Å². The van der Waals surface area contributed by atoms with Gasteiger partial charge in [-0.2, -0.15) is 5.10 Å². The molecule has 1 amide bonds. The number of H-pyrrole nitrogens is 2. The van der Waals surface area contributed by atoms with Gasteiger partial charge in [-0.05, 0) is 37.1 Å². The summed E-state index contributed by atoms with van der Waals surface area (Å²) in [4.78, 5) is 34.5. The summed E-state index contributed by atoms with van der Waals surface area (Å²) in [6.45, 7) is 0. The molecule has 38 heavy (non-hydrogen) atoms. The average Bonchev–Trinajstić information content (AvgIpc) is 3.73. The highest BCUT2D eigenvalue weighted by atomic mass is 16.3. The van der Waals surface area contributed by atoms with Crippen LogP contribution in [0, 0.1) is 5.92 Å². The minimum atomic E-state index is 0.0679. The van der Waals surface area contributed by atoms with E-state index in [0.717, 1.165) is 64.6 Å². The van der Waals surface area contributed by atoms with Gasteiger partial charge < -0.3 is 14.7 Å². The second-order valence-corrected chi connectivity index (χ2v) is 9.63. The number of nitrogens with one attached hydrogen (secondary N) is 3.